The van der Waals surface area contributed by atoms with E-state index in [0.29, 0.717) is 4.83 Å². The first-order chi connectivity index (χ1) is 8.69. The van der Waals surface area contributed by atoms with E-state index < -0.39 is 0 Å². The summed E-state index contributed by atoms with van der Waals surface area (Å²) in [5, 5.41) is 0.819. The highest BCUT2D eigenvalue weighted by Crippen LogP contribution is 2.55. The molecule has 0 radical (unpaired) electrons. The minimum absolute atomic E-state index is 0.395. The van der Waals surface area contributed by atoms with Crippen molar-refractivity contribution in [3.8, 4) is 5.75 Å². The number of hydrogen-bond donors (Lipinski definition) is 0. The van der Waals surface area contributed by atoms with Gasteiger partial charge in [0.1, 0.15) is 5.75 Å². The smallest absolute Gasteiger partial charge is 0.120 e. The fourth-order valence-electron chi connectivity index (χ4n) is 3.74. The zero-order chi connectivity index (χ0) is 12.7. The van der Waals surface area contributed by atoms with Crippen LogP contribution < -0.4 is 4.74 Å². The molecule has 1 aromatic rings. The second-order valence-electron chi connectivity index (χ2n) is 5.63. The van der Waals surface area contributed by atoms with Gasteiger partial charge in [-0.15, -0.1) is 0 Å². The minimum atomic E-state index is 0.395. The Morgan fingerprint density at radius 1 is 1.33 bits per heavy atom. The van der Waals surface area contributed by atoms with Crippen LogP contribution in [-0.4, -0.2) is 7.11 Å². The normalized spacial score (nSPS) is 31.6. The molecule has 0 saturated heterocycles. The molecule has 2 fully saturated rings. The van der Waals surface area contributed by atoms with Crippen molar-refractivity contribution in [1.29, 1.82) is 0 Å². The number of alkyl halides is 1. The van der Waals surface area contributed by atoms with Crippen LogP contribution in [0.1, 0.15) is 36.1 Å². The Morgan fingerprint density at radius 2 is 2.17 bits per heavy atom. The number of ether oxygens (including phenoxy) is 1. The van der Waals surface area contributed by atoms with E-state index in [0.717, 1.165) is 28.5 Å². The summed E-state index contributed by atoms with van der Waals surface area (Å²) in [7, 11) is 1.67. The van der Waals surface area contributed by atoms with Gasteiger partial charge >= 0.3 is 0 Å². The van der Waals surface area contributed by atoms with Crippen LogP contribution in [0.3, 0.4) is 0 Å². The third-order valence-corrected chi connectivity index (χ3v) is 6.17. The number of halogens is 2. The molecule has 98 valence electrons. The van der Waals surface area contributed by atoms with E-state index in [1.54, 1.807) is 7.11 Å². The fraction of sp³-hybridized carbons (Fsp3) is 0.600. The third-order valence-electron chi connectivity index (χ3n) is 4.67. The van der Waals surface area contributed by atoms with Gasteiger partial charge in [0, 0.05) is 9.85 Å². The molecule has 4 atom stereocenters. The molecular weight excluding hydrogens is 312 g/mol. The van der Waals surface area contributed by atoms with E-state index in [-0.39, 0.29) is 0 Å². The van der Waals surface area contributed by atoms with Gasteiger partial charge in [-0.1, -0.05) is 40.0 Å². The Bertz CT molecular complexity index is 448. The second kappa shape index (κ2) is 5.05. The number of hydrogen-bond acceptors (Lipinski definition) is 1. The molecule has 2 aliphatic carbocycles. The Kier molecular flexibility index (Phi) is 3.59. The molecule has 18 heavy (non-hydrogen) atoms. The zero-order valence-electron chi connectivity index (χ0n) is 10.5. The van der Waals surface area contributed by atoms with Gasteiger partial charge in [0.05, 0.1) is 7.11 Å². The first kappa shape index (κ1) is 12.8. The average Bonchev–Trinajstić information content (AvgIpc) is 3.00. The summed E-state index contributed by atoms with van der Waals surface area (Å²) in [5.74, 6) is 3.46. The van der Waals surface area contributed by atoms with Gasteiger partial charge in [-0.05, 0) is 54.7 Å². The van der Waals surface area contributed by atoms with Crippen LogP contribution in [0.5, 0.6) is 5.75 Å². The summed E-state index contributed by atoms with van der Waals surface area (Å²) in [4.78, 5) is 0.395. The molecular formula is C15H18BrClO. The average molecular weight is 330 g/mol. The highest BCUT2D eigenvalue weighted by molar-refractivity contribution is 9.09. The number of rotatable bonds is 3. The van der Waals surface area contributed by atoms with E-state index in [1.807, 2.05) is 12.1 Å². The molecule has 2 bridgehead atoms. The number of benzene rings is 1. The summed E-state index contributed by atoms with van der Waals surface area (Å²) in [6.07, 6.45) is 5.64. The van der Waals surface area contributed by atoms with E-state index in [4.69, 9.17) is 16.3 Å². The molecule has 3 heteroatoms. The van der Waals surface area contributed by atoms with Gasteiger partial charge in [-0.2, -0.15) is 0 Å². The summed E-state index contributed by atoms with van der Waals surface area (Å²) < 4.78 is 5.20. The highest BCUT2D eigenvalue weighted by atomic mass is 79.9. The lowest BCUT2D eigenvalue weighted by Gasteiger charge is -2.27. The lowest BCUT2D eigenvalue weighted by Crippen LogP contribution is -2.15. The van der Waals surface area contributed by atoms with E-state index in [9.17, 15) is 0 Å². The SMILES string of the molecule is COc1ccc(C(Br)C2CC3CCC2C3)c(Cl)c1. The quantitative estimate of drug-likeness (QED) is 0.691. The zero-order valence-corrected chi connectivity index (χ0v) is 12.9. The van der Waals surface area contributed by atoms with Gasteiger partial charge < -0.3 is 4.74 Å². The van der Waals surface area contributed by atoms with Crippen molar-refractivity contribution < 1.29 is 4.74 Å². The van der Waals surface area contributed by atoms with E-state index >= 15 is 0 Å². The number of fused-ring (bicyclic) bond motifs is 2. The molecule has 0 N–H and O–H groups in total. The van der Waals surface area contributed by atoms with Crippen molar-refractivity contribution in [3.63, 3.8) is 0 Å². The van der Waals surface area contributed by atoms with Gasteiger partial charge in [-0.3, -0.25) is 0 Å². The topological polar surface area (TPSA) is 9.23 Å². The summed E-state index contributed by atoms with van der Waals surface area (Å²) in [5.41, 5.74) is 1.22. The maximum atomic E-state index is 6.37. The van der Waals surface area contributed by atoms with Gasteiger partial charge in [0.15, 0.2) is 0 Å². The van der Waals surface area contributed by atoms with Crippen LogP contribution in [0.15, 0.2) is 18.2 Å². The van der Waals surface area contributed by atoms with Crippen molar-refractivity contribution in [2.24, 2.45) is 17.8 Å². The molecule has 0 aliphatic heterocycles. The molecule has 0 amide bonds. The van der Waals surface area contributed by atoms with Crippen molar-refractivity contribution in [2.45, 2.75) is 30.5 Å². The summed E-state index contributed by atoms with van der Waals surface area (Å²) >= 11 is 10.3. The van der Waals surface area contributed by atoms with E-state index in [1.165, 1.54) is 31.2 Å². The van der Waals surface area contributed by atoms with Gasteiger partial charge in [0.25, 0.3) is 0 Å². The third kappa shape index (κ3) is 2.18. The van der Waals surface area contributed by atoms with Crippen LogP contribution in [-0.2, 0) is 0 Å². The molecule has 0 heterocycles. The minimum Gasteiger partial charge on any atom is -0.497 e. The van der Waals surface area contributed by atoms with Gasteiger partial charge in [0.2, 0.25) is 0 Å². The van der Waals surface area contributed by atoms with E-state index in [2.05, 4.69) is 22.0 Å². The van der Waals surface area contributed by atoms with Crippen LogP contribution in [0.4, 0.5) is 0 Å². The fourth-order valence-corrected chi connectivity index (χ4v) is 5.21. The lowest BCUT2D eigenvalue weighted by molar-refractivity contribution is 0.329. The number of methoxy groups -OCH3 is 1. The van der Waals surface area contributed by atoms with Crippen molar-refractivity contribution in [1.82, 2.24) is 0 Å². The summed E-state index contributed by atoms with van der Waals surface area (Å²) in [6, 6.07) is 6.02. The Morgan fingerprint density at radius 3 is 2.72 bits per heavy atom. The molecule has 2 aliphatic rings. The second-order valence-corrected chi connectivity index (χ2v) is 7.02. The summed E-state index contributed by atoms with van der Waals surface area (Å²) in [6.45, 7) is 0. The first-order valence-corrected chi connectivity index (χ1v) is 7.96. The Hall–Kier alpha value is -0.210. The van der Waals surface area contributed by atoms with Crippen LogP contribution in [0.2, 0.25) is 5.02 Å². The Balaban J connectivity index is 1.82. The maximum absolute atomic E-state index is 6.37. The monoisotopic (exact) mass is 328 g/mol. The molecule has 3 rings (SSSR count). The Labute approximate surface area is 122 Å². The molecule has 0 aromatic heterocycles. The lowest BCUT2D eigenvalue weighted by atomic mass is 9.84. The van der Waals surface area contributed by atoms with Crippen molar-refractivity contribution in [2.75, 3.05) is 7.11 Å². The van der Waals surface area contributed by atoms with Crippen LogP contribution >= 0.6 is 27.5 Å². The molecule has 4 unspecified atom stereocenters. The molecule has 2 saturated carbocycles. The van der Waals surface area contributed by atoms with Crippen LogP contribution in [0, 0.1) is 17.8 Å². The van der Waals surface area contributed by atoms with Gasteiger partial charge in [-0.25, -0.2) is 0 Å². The van der Waals surface area contributed by atoms with Crippen molar-refractivity contribution >= 4 is 27.5 Å². The molecule has 1 aromatic carbocycles. The van der Waals surface area contributed by atoms with Crippen molar-refractivity contribution in [3.05, 3.63) is 28.8 Å². The first-order valence-electron chi connectivity index (χ1n) is 6.66. The largest absolute Gasteiger partial charge is 0.497 e. The molecule has 1 nitrogen and oxygen atoms in total. The predicted molar refractivity (Wildman–Crippen MR) is 78.6 cm³/mol. The predicted octanol–water partition coefficient (Wildman–Crippen LogP) is 5.22. The highest BCUT2D eigenvalue weighted by Gasteiger charge is 2.43. The molecule has 0 spiro atoms. The standard InChI is InChI=1S/C15H18BrClO/c1-18-11-4-5-12(14(17)8-11)15(16)13-7-9-2-3-10(13)6-9/h4-5,8-10,13,15H,2-3,6-7H2,1H3. The van der Waals surface area contributed by atoms with Crippen LogP contribution in [0.25, 0.3) is 0 Å². The maximum Gasteiger partial charge on any atom is 0.120 e.